The van der Waals surface area contributed by atoms with Gasteiger partial charge in [0.25, 0.3) is 5.91 Å². The zero-order valence-corrected chi connectivity index (χ0v) is 11.3. The van der Waals surface area contributed by atoms with Gasteiger partial charge < -0.3 is 10.6 Å². The molecule has 1 fully saturated rings. The van der Waals surface area contributed by atoms with Crippen LogP contribution in [0.25, 0.3) is 0 Å². The Morgan fingerprint density at radius 2 is 2.16 bits per heavy atom. The molecule has 0 aromatic heterocycles. The third kappa shape index (κ3) is 3.32. The molecule has 0 aliphatic carbocycles. The molecule has 0 atom stereocenters. The van der Waals surface area contributed by atoms with Crippen molar-refractivity contribution in [3.63, 3.8) is 0 Å². The number of piperidine rings is 1. The number of hydrogen-bond acceptors (Lipinski definition) is 2. The lowest BCUT2D eigenvalue weighted by atomic mass is 9.88. The van der Waals surface area contributed by atoms with E-state index in [4.69, 9.17) is 0 Å². The Morgan fingerprint density at radius 3 is 2.84 bits per heavy atom. The van der Waals surface area contributed by atoms with Crippen LogP contribution in [0.4, 0.5) is 4.39 Å². The van der Waals surface area contributed by atoms with Gasteiger partial charge >= 0.3 is 0 Å². The Balaban J connectivity index is 2.19. The Morgan fingerprint density at radius 1 is 1.42 bits per heavy atom. The van der Waals surface area contributed by atoms with E-state index in [1.165, 1.54) is 0 Å². The third-order valence-electron chi connectivity index (χ3n) is 3.59. The zero-order chi connectivity index (χ0) is 13.7. The molecule has 2 rings (SSSR count). The highest BCUT2D eigenvalue weighted by atomic mass is 19.1. The van der Waals surface area contributed by atoms with Crippen molar-refractivity contribution in [3.8, 4) is 0 Å². The highest BCUT2D eigenvalue weighted by Crippen LogP contribution is 2.28. The van der Waals surface area contributed by atoms with E-state index in [0.717, 1.165) is 32.4 Å². The Labute approximate surface area is 113 Å². The number of carbonyl (C=O) groups excluding carboxylic acids is 1. The van der Waals surface area contributed by atoms with Gasteiger partial charge in [-0.3, -0.25) is 4.79 Å². The lowest BCUT2D eigenvalue weighted by molar-refractivity contribution is 0.0949. The number of nitrogens with one attached hydrogen (secondary N) is 2. The van der Waals surface area contributed by atoms with Gasteiger partial charge in [-0.1, -0.05) is 19.1 Å². The van der Waals surface area contributed by atoms with Crippen LogP contribution in [0.5, 0.6) is 0 Å². The minimum Gasteiger partial charge on any atom is -0.352 e. The summed E-state index contributed by atoms with van der Waals surface area (Å²) >= 11 is 0. The lowest BCUT2D eigenvalue weighted by Gasteiger charge is -2.23. The van der Waals surface area contributed by atoms with Crippen LogP contribution in [-0.4, -0.2) is 25.5 Å². The molecular formula is C15H21FN2O. The SMILES string of the molecule is CCCNC(=O)c1cccc(C2CCNCC2)c1F. The maximum Gasteiger partial charge on any atom is 0.254 e. The van der Waals surface area contributed by atoms with Crippen molar-refractivity contribution in [1.29, 1.82) is 0 Å². The second-order valence-electron chi connectivity index (χ2n) is 4.99. The highest BCUT2D eigenvalue weighted by molar-refractivity contribution is 5.94. The molecule has 0 bridgehead atoms. The van der Waals surface area contributed by atoms with Crippen molar-refractivity contribution in [2.24, 2.45) is 0 Å². The Hall–Kier alpha value is -1.42. The largest absolute Gasteiger partial charge is 0.352 e. The van der Waals surface area contributed by atoms with Gasteiger partial charge in [0.05, 0.1) is 5.56 Å². The van der Waals surface area contributed by atoms with Gasteiger partial charge in [-0.25, -0.2) is 4.39 Å². The summed E-state index contributed by atoms with van der Waals surface area (Å²) in [6, 6.07) is 5.15. The van der Waals surface area contributed by atoms with E-state index in [1.807, 2.05) is 13.0 Å². The quantitative estimate of drug-likeness (QED) is 0.877. The summed E-state index contributed by atoms with van der Waals surface area (Å²) in [5, 5.41) is 6.00. The van der Waals surface area contributed by atoms with Crippen LogP contribution in [0.2, 0.25) is 0 Å². The van der Waals surface area contributed by atoms with Gasteiger partial charge in [-0.2, -0.15) is 0 Å². The van der Waals surface area contributed by atoms with Crippen LogP contribution >= 0.6 is 0 Å². The van der Waals surface area contributed by atoms with E-state index < -0.39 is 0 Å². The molecule has 3 nitrogen and oxygen atoms in total. The molecule has 0 spiro atoms. The lowest BCUT2D eigenvalue weighted by Crippen LogP contribution is -2.28. The summed E-state index contributed by atoms with van der Waals surface area (Å²) < 4.78 is 14.5. The minimum atomic E-state index is -0.344. The van der Waals surface area contributed by atoms with Crippen LogP contribution in [0.1, 0.15) is 48.0 Å². The van der Waals surface area contributed by atoms with Crippen molar-refractivity contribution >= 4 is 5.91 Å². The second-order valence-corrected chi connectivity index (χ2v) is 4.99. The first-order valence-corrected chi connectivity index (χ1v) is 7.01. The molecule has 1 saturated heterocycles. The molecule has 1 heterocycles. The molecular weight excluding hydrogens is 243 g/mol. The fourth-order valence-electron chi connectivity index (χ4n) is 2.51. The normalized spacial score (nSPS) is 16.3. The standard InChI is InChI=1S/C15H21FN2O/c1-2-8-18-15(19)13-5-3-4-12(14(13)16)11-6-9-17-10-7-11/h3-5,11,17H,2,6-10H2,1H3,(H,18,19). The topological polar surface area (TPSA) is 41.1 Å². The molecule has 0 unspecified atom stereocenters. The molecule has 0 saturated carbocycles. The van der Waals surface area contributed by atoms with E-state index >= 15 is 0 Å². The van der Waals surface area contributed by atoms with Gasteiger partial charge in [0.1, 0.15) is 5.82 Å². The molecule has 0 radical (unpaired) electrons. The molecule has 104 valence electrons. The molecule has 1 aromatic carbocycles. The van der Waals surface area contributed by atoms with Crippen LogP contribution in [0.3, 0.4) is 0 Å². The van der Waals surface area contributed by atoms with Gasteiger partial charge in [0.15, 0.2) is 0 Å². The number of benzene rings is 1. The van der Waals surface area contributed by atoms with Crippen LogP contribution in [-0.2, 0) is 0 Å². The number of amides is 1. The van der Waals surface area contributed by atoms with Gasteiger partial charge in [-0.05, 0) is 49.9 Å². The maximum absolute atomic E-state index is 14.5. The first-order valence-electron chi connectivity index (χ1n) is 7.01. The van der Waals surface area contributed by atoms with Crippen molar-refractivity contribution in [2.45, 2.75) is 32.1 Å². The van der Waals surface area contributed by atoms with Crippen molar-refractivity contribution in [2.75, 3.05) is 19.6 Å². The predicted octanol–water partition coefficient (Wildman–Crippen LogP) is 2.43. The summed E-state index contributed by atoms with van der Waals surface area (Å²) in [5.41, 5.74) is 0.857. The molecule has 1 amide bonds. The second kappa shape index (κ2) is 6.66. The van der Waals surface area contributed by atoms with E-state index in [2.05, 4.69) is 10.6 Å². The average Bonchev–Trinajstić information content (AvgIpc) is 2.46. The molecule has 2 N–H and O–H groups in total. The fraction of sp³-hybridized carbons (Fsp3) is 0.533. The molecule has 1 aromatic rings. The average molecular weight is 264 g/mol. The minimum absolute atomic E-state index is 0.171. The molecule has 1 aliphatic rings. The monoisotopic (exact) mass is 264 g/mol. The smallest absolute Gasteiger partial charge is 0.254 e. The van der Waals surface area contributed by atoms with Gasteiger partial charge in [-0.15, -0.1) is 0 Å². The Kier molecular flexibility index (Phi) is 4.91. The number of halogens is 1. The summed E-state index contributed by atoms with van der Waals surface area (Å²) in [4.78, 5) is 11.9. The van der Waals surface area contributed by atoms with E-state index in [0.29, 0.717) is 12.1 Å². The fourth-order valence-corrected chi connectivity index (χ4v) is 2.51. The van der Waals surface area contributed by atoms with Crippen molar-refractivity contribution in [1.82, 2.24) is 10.6 Å². The molecule has 19 heavy (non-hydrogen) atoms. The number of rotatable bonds is 4. The van der Waals surface area contributed by atoms with Crippen molar-refractivity contribution < 1.29 is 9.18 Å². The first kappa shape index (κ1) is 14.0. The van der Waals surface area contributed by atoms with E-state index in [9.17, 15) is 9.18 Å². The zero-order valence-electron chi connectivity index (χ0n) is 11.3. The first-order chi connectivity index (χ1) is 9.24. The summed E-state index contributed by atoms with van der Waals surface area (Å²) in [7, 11) is 0. The molecule has 1 aliphatic heterocycles. The molecule has 4 heteroatoms. The predicted molar refractivity (Wildman–Crippen MR) is 73.9 cm³/mol. The van der Waals surface area contributed by atoms with E-state index in [1.54, 1.807) is 12.1 Å². The maximum atomic E-state index is 14.5. The van der Waals surface area contributed by atoms with Crippen LogP contribution in [0.15, 0.2) is 18.2 Å². The third-order valence-corrected chi connectivity index (χ3v) is 3.59. The highest BCUT2D eigenvalue weighted by Gasteiger charge is 2.22. The summed E-state index contributed by atoms with van der Waals surface area (Å²) in [6.45, 7) is 4.38. The number of carbonyl (C=O) groups is 1. The van der Waals surface area contributed by atoms with Crippen LogP contribution in [0, 0.1) is 5.82 Å². The van der Waals surface area contributed by atoms with Gasteiger partial charge in [0, 0.05) is 6.54 Å². The Bertz CT molecular complexity index is 442. The van der Waals surface area contributed by atoms with E-state index in [-0.39, 0.29) is 23.2 Å². The van der Waals surface area contributed by atoms with Gasteiger partial charge in [0.2, 0.25) is 0 Å². The van der Waals surface area contributed by atoms with Crippen LogP contribution < -0.4 is 10.6 Å². The van der Waals surface area contributed by atoms with Crippen molar-refractivity contribution in [3.05, 3.63) is 35.1 Å². The summed E-state index contributed by atoms with van der Waals surface area (Å²) in [5.74, 6) is -0.432. The summed E-state index contributed by atoms with van der Waals surface area (Å²) in [6.07, 6.45) is 2.70. The number of hydrogen-bond donors (Lipinski definition) is 2.